The lowest BCUT2D eigenvalue weighted by molar-refractivity contribution is -0.135. The van der Waals surface area contributed by atoms with Gasteiger partial charge in [0, 0.05) is 36.4 Å². The van der Waals surface area contributed by atoms with E-state index in [-0.39, 0.29) is 23.9 Å². The van der Waals surface area contributed by atoms with Crippen LogP contribution in [-0.4, -0.2) is 33.8 Å². The van der Waals surface area contributed by atoms with Crippen LogP contribution in [0.15, 0.2) is 35.4 Å². The van der Waals surface area contributed by atoms with Gasteiger partial charge in [0.2, 0.25) is 5.91 Å². The molecule has 0 atom stereocenters. The maximum atomic E-state index is 12.8. The minimum Gasteiger partial charge on any atom is -0.493 e. The number of amides is 1. The first-order valence-corrected chi connectivity index (χ1v) is 10.2. The highest BCUT2D eigenvalue weighted by molar-refractivity contribution is 6.03. The van der Waals surface area contributed by atoms with Gasteiger partial charge >= 0.3 is 0 Å². The first kappa shape index (κ1) is 23.9. The highest BCUT2D eigenvalue weighted by Gasteiger charge is 2.38. The molecule has 0 saturated heterocycles. The number of rotatable bonds is 6. The first-order chi connectivity index (χ1) is 13.6. The quantitative estimate of drug-likeness (QED) is 0.584. The number of aryl methyl sites for hydroxylation is 4. The van der Waals surface area contributed by atoms with E-state index >= 15 is 0 Å². The Morgan fingerprint density at radius 2 is 1.63 bits per heavy atom. The Balaban J connectivity index is 0.00000320. The summed E-state index contributed by atoms with van der Waals surface area (Å²) >= 11 is 0. The van der Waals surface area contributed by atoms with Crippen LogP contribution in [0.1, 0.15) is 61.2 Å². The summed E-state index contributed by atoms with van der Waals surface area (Å²) in [6.45, 7) is 12.7. The second-order valence-electron chi connectivity index (χ2n) is 8.66. The van der Waals surface area contributed by atoms with Crippen molar-refractivity contribution >= 4 is 24.0 Å². The second kappa shape index (κ2) is 9.61. The van der Waals surface area contributed by atoms with Crippen LogP contribution in [0.4, 0.5) is 0 Å². The van der Waals surface area contributed by atoms with E-state index in [1.807, 2.05) is 26.0 Å². The van der Waals surface area contributed by atoms with Gasteiger partial charge in [0.1, 0.15) is 5.75 Å². The highest BCUT2D eigenvalue weighted by Crippen LogP contribution is 2.31. The Morgan fingerprint density at radius 1 is 1.03 bits per heavy atom. The number of ether oxygens (including phenoxy) is 1. The van der Waals surface area contributed by atoms with Crippen LogP contribution < -0.4 is 4.74 Å². The fourth-order valence-corrected chi connectivity index (χ4v) is 3.87. The highest BCUT2D eigenvalue weighted by atomic mass is 35.5. The molecule has 6 heteroatoms. The van der Waals surface area contributed by atoms with Gasteiger partial charge in [-0.1, -0.05) is 29.3 Å². The number of aromatic nitrogens is 1. The van der Waals surface area contributed by atoms with E-state index in [2.05, 4.69) is 50.9 Å². The number of pyridine rings is 1. The molecule has 3 rings (SSSR count). The summed E-state index contributed by atoms with van der Waals surface area (Å²) in [5, 5.41) is 6.37. The molecular formula is C24H32ClN3O2. The van der Waals surface area contributed by atoms with Gasteiger partial charge in [-0.3, -0.25) is 9.78 Å². The van der Waals surface area contributed by atoms with Crippen molar-refractivity contribution < 1.29 is 9.53 Å². The molecule has 2 heterocycles. The summed E-state index contributed by atoms with van der Waals surface area (Å²) in [5.74, 6) is 0.846. The fourth-order valence-electron chi connectivity index (χ4n) is 3.87. The average Bonchev–Trinajstić information content (AvgIpc) is 2.92. The molecule has 1 amide bonds. The molecule has 30 heavy (non-hydrogen) atoms. The molecule has 0 radical (unpaired) electrons. The minimum absolute atomic E-state index is 0. The lowest BCUT2D eigenvalue weighted by atomic mass is 9.93. The maximum Gasteiger partial charge on any atom is 0.243 e. The smallest absolute Gasteiger partial charge is 0.243 e. The standard InChI is InChI=1S/C24H31N3O2.ClH/c1-16-10-17(2)12-20(11-16)22-15-24(5,6)27(26-22)23(28)8-7-9-29-21-13-18(3)25-19(4)14-21;/h10-14H,7-9,15H2,1-6H3;1H. The molecular weight excluding hydrogens is 398 g/mol. The van der Waals surface area contributed by atoms with Crippen molar-refractivity contribution in [2.24, 2.45) is 5.10 Å². The SMILES string of the molecule is Cc1cc(C)cc(C2=NN(C(=O)CCCOc3cc(C)nc(C)c3)C(C)(C)C2)c1.Cl. The summed E-state index contributed by atoms with van der Waals surface area (Å²) in [4.78, 5) is 17.2. The molecule has 0 N–H and O–H groups in total. The van der Waals surface area contributed by atoms with Crippen LogP contribution in [0.3, 0.4) is 0 Å². The van der Waals surface area contributed by atoms with Crippen LogP contribution in [0.2, 0.25) is 0 Å². The third-order valence-electron chi connectivity index (χ3n) is 5.04. The molecule has 2 aromatic rings. The number of nitrogens with zero attached hydrogens (tertiary/aromatic N) is 3. The van der Waals surface area contributed by atoms with Crippen LogP contribution in [0, 0.1) is 27.7 Å². The summed E-state index contributed by atoms with van der Waals surface area (Å²) < 4.78 is 5.80. The predicted molar refractivity (Wildman–Crippen MR) is 124 cm³/mol. The molecule has 5 nitrogen and oxygen atoms in total. The molecule has 0 spiro atoms. The number of hydrogen-bond donors (Lipinski definition) is 0. The van der Waals surface area contributed by atoms with Crippen molar-refractivity contribution in [2.75, 3.05) is 6.61 Å². The number of hydrazone groups is 1. The molecule has 0 saturated carbocycles. The van der Waals surface area contributed by atoms with E-state index in [0.717, 1.165) is 34.8 Å². The predicted octanol–water partition coefficient (Wildman–Crippen LogP) is 5.31. The number of carbonyl (C=O) groups is 1. The largest absolute Gasteiger partial charge is 0.493 e. The van der Waals surface area contributed by atoms with E-state index < -0.39 is 0 Å². The number of carbonyl (C=O) groups excluding carboxylic acids is 1. The van der Waals surface area contributed by atoms with Gasteiger partial charge in [0.05, 0.1) is 17.9 Å². The van der Waals surface area contributed by atoms with E-state index in [4.69, 9.17) is 9.84 Å². The molecule has 1 aromatic heterocycles. The van der Waals surface area contributed by atoms with Gasteiger partial charge in [0.15, 0.2) is 0 Å². The average molecular weight is 430 g/mol. The zero-order valence-electron chi connectivity index (χ0n) is 18.8. The summed E-state index contributed by atoms with van der Waals surface area (Å²) in [7, 11) is 0. The zero-order chi connectivity index (χ0) is 21.2. The Labute approximate surface area is 186 Å². The summed E-state index contributed by atoms with van der Waals surface area (Å²) in [6.07, 6.45) is 1.82. The van der Waals surface area contributed by atoms with Crippen molar-refractivity contribution in [3.8, 4) is 5.75 Å². The Kier molecular flexibility index (Phi) is 7.64. The maximum absolute atomic E-state index is 12.8. The van der Waals surface area contributed by atoms with Crippen LogP contribution in [-0.2, 0) is 4.79 Å². The molecule has 0 aliphatic carbocycles. The van der Waals surface area contributed by atoms with E-state index in [1.165, 1.54) is 11.1 Å². The third-order valence-corrected chi connectivity index (χ3v) is 5.04. The van der Waals surface area contributed by atoms with Crippen molar-refractivity contribution in [1.29, 1.82) is 0 Å². The zero-order valence-corrected chi connectivity index (χ0v) is 19.6. The van der Waals surface area contributed by atoms with Gasteiger partial charge in [-0.15, -0.1) is 12.4 Å². The second-order valence-corrected chi connectivity index (χ2v) is 8.66. The van der Waals surface area contributed by atoms with Crippen molar-refractivity contribution in [2.45, 2.75) is 66.3 Å². The minimum atomic E-state index is -0.315. The van der Waals surface area contributed by atoms with Gasteiger partial charge in [-0.2, -0.15) is 5.10 Å². The molecule has 0 unspecified atom stereocenters. The van der Waals surface area contributed by atoms with E-state index in [1.54, 1.807) is 5.01 Å². The number of halogens is 1. The molecule has 1 aromatic carbocycles. The van der Waals surface area contributed by atoms with E-state index in [9.17, 15) is 4.79 Å². The Morgan fingerprint density at radius 3 is 2.23 bits per heavy atom. The van der Waals surface area contributed by atoms with Crippen LogP contribution in [0.5, 0.6) is 5.75 Å². The Bertz CT molecular complexity index is 913. The fraction of sp³-hybridized carbons (Fsp3) is 0.458. The molecule has 162 valence electrons. The monoisotopic (exact) mass is 429 g/mol. The molecule has 1 aliphatic heterocycles. The van der Waals surface area contributed by atoms with Gasteiger partial charge in [0.25, 0.3) is 0 Å². The van der Waals surface area contributed by atoms with Crippen LogP contribution in [0.25, 0.3) is 0 Å². The van der Waals surface area contributed by atoms with Crippen molar-refractivity contribution in [1.82, 2.24) is 9.99 Å². The molecule has 0 bridgehead atoms. The van der Waals surface area contributed by atoms with Crippen LogP contribution >= 0.6 is 12.4 Å². The lowest BCUT2D eigenvalue weighted by Gasteiger charge is -2.28. The van der Waals surface area contributed by atoms with E-state index in [0.29, 0.717) is 19.4 Å². The van der Waals surface area contributed by atoms with Crippen molar-refractivity contribution in [3.63, 3.8) is 0 Å². The topological polar surface area (TPSA) is 54.8 Å². The van der Waals surface area contributed by atoms with Crippen molar-refractivity contribution in [3.05, 3.63) is 58.4 Å². The van der Waals surface area contributed by atoms with Gasteiger partial charge < -0.3 is 4.74 Å². The Hall–Kier alpha value is -2.40. The first-order valence-electron chi connectivity index (χ1n) is 10.2. The summed E-state index contributed by atoms with van der Waals surface area (Å²) in [6, 6.07) is 10.3. The molecule has 0 fully saturated rings. The lowest BCUT2D eigenvalue weighted by Crippen LogP contribution is -2.40. The normalized spacial score (nSPS) is 14.9. The number of hydrogen-bond acceptors (Lipinski definition) is 4. The van der Waals surface area contributed by atoms with Gasteiger partial charge in [-0.25, -0.2) is 5.01 Å². The number of benzene rings is 1. The third kappa shape index (κ3) is 5.82. The molecule has 1 aliphatic rings. The van der Waals surface area contributed by atoms with Gasteiger partial charge in [-0.05, 0) is 53.5 Å². The summed E-state index contributed by atoms with van der Waals surface area (Å²) in [5.41, 5.74) is 6.07.